The van der Waals surface area contributed by atoms with Crippen LogP contribution in [0.25, 0.3) is 0 Å². The zero-order valence-corrected chi connectivity index (χ0v) is 17.7. The summed E-state index contributed by atoms with van der Waals surface area (Å²) in [5.74, 6) is 0.744. The van der Waals surface area contributed by atoms with Gasteiger partial charge in [-0.05, 0) is 29.7 Å². The van der Waals surface area contributed by atoms with Crippen LogP contribution in [0.5, 0.6) is 0 Å². The van der Waals surface area contributed by atoms with Crippen LogP contribution >= 0.6 is 35.6 Å². The molecule has 25 heavy (non-hydrogen) atoms. The lowest BCUT2D eigenvalue weighted by molar-refractivity contribution is 0.134. The number of aliphatic imine (C=N–C) groups is 1. The van der Waals surface area contributed by atoms with Crippen molar-refractivity contribution in [2.75, 3.05) is 13.7 Å². The predicted molar refractivity (Wildman–Crippen MR) is 116 cm³/mol. The minimum absolute atomic E-state index is 0. The molecule has 4 nitrogen and oxygen atoms in total. The topological polar surface area (TPSA) is 45.6 Å². The molecule has 0 unspecified atom stereocenters. The third-order valence-electron chi connectivity index (χ3n) is 3.58. The molecule has 136 valence electrons. The largest absolute Gasteiger partial charge is 0.377 e. The molecule has 0 aliphatic rings. The number of ether oxygens (including phenoxy) is 1. The molecule has 6 heteroatoms. The molecule has 0 heterocycles. The molecule has 0 bridgehead atoms. The fourth-order valence-corrected chi connectivity index (χ4v) is 2.40. The smallest absolute Gasteiger partial charge is 0.191 e. The normalized spacial score (nSPS) is 10.9. The molecule has 0 saturated heterocycles. The summed E-state index contributed by atoms with van der Waals surface area (Å²) in [6.07, 6.45) is 0. The molecule has 2 rings (SSSR count). The van der Waals surface area contributed by atoms with Crippen LogP contribution in [0.3, 0.4) is 0 Å². The Kier molecular flexibility index (Phi) is 10.5. The van der Waals surface area contributed by atoms with Crippen LogP contribution < -0.4 is 10.6 Å². The molecule has 2 N–H and O–H groups in total. The molecule has 0 amide bonds. The molecule has 2 aromatic rings. The summed E-state index contributed by atoms with van der Waals surface area (Å²) in [4.78, 5) is 4.24. The van der Waals surface area contributed by atoms with E-state index in [0.29, 0.717) is 19.7 Å². The molecule has 0 aliphatic carbocycles. The highest BCUT2D eigenvalue weighted by atomic mass is 127. The first-order valence-electron chi connectivity index (χ1n) is 8.06. The molecule has 0 aliphatic heterocycles. The van der Waals surface area contributed by atoms with E-state index < -0.39 is 0 Å². The summed E-state index contributed by atoms with van der Waals surface area (Å²) in [6.45, 7) is 4.73. The van der Waals surface area contributed by atoms with Crippen LogP contribution in [0, 0.1) is 0 Å². The van der Waals surface area contributed by atoms with Gasteiger partial charge in [0.15, 0.2) is 5.96 Å². The molecule has 0 atom stereocenters. The Morgan fingerprint density at radius 1 is 1.00 bits per heavy atom. The van der Waals surface area contributed by atoms with E-state index in [0.717, 1.165) is 23.2 Å². The Balaban J connectivity index is 0.00000312. The lowest BCUT2D eigenvalue weighted by Gasteiger charge is -2.13. The Morgan fingerprint density at radius 3 is 2.28 bits per heavy atom. The quantitative estimate of drug-likeness (QED) is 0.357. The van der Waals surface area contributed by atoms with Crippen LogP contribution in [-0.2, 0) is 24.4 Å². The first kappa shape index (κ1) is 21.7. The number of benzene rings is 2. The average Bonchev–Trinajstić information content (AvgIpc) is 2.62. The van der Waals surface area contributed by atoms with Gasteiger partial charge in [0.2, 0.25) is 0 Å². The zero-order chi connectivity index (χ0) is 17.2. The van der Waals surface area contributed by atoms with Gasteiger partial charge in [0.1, 0.15) is 0 Å². The van der Waals surface area contributed by atoms with Gasteiger partial charge >= 0.3 is 0 Å². The second kappa shape index (κ2) is 12.1. The highest BCUT2D eigenvalue weighted by Gasteiger charge is 2.02. The van der Waals surface area contributed by atoms with Crippen LogP contribution in [-0.4, -0.2) is 19.6 Å². The third-order valence-corrected chi connectivity index (χ3v) is 3.95. The first-order chi connectivity index (χ1) is 11.7. The zero-order valence-electron chi connectivity index (χ0n) is 14.6. The highest BCUT2D eigenvalue weighted by molar-refractivity contribution is 14.0. The number of hydrogen-bond acceptors (Lipinski definition) is 2. The summed E-state index contributed by atoms with van der Waals surface area (Å²) in [5, 5.41) is 7.33. The summed E-state index contributed by atoms with van der Waals surface area (Å²) >= 11 is 6.16. The molecule has 0 spiro atoms. The highest BCUT2D eigenvalue weighted by Crippen LogP contribution is 2.14. The Bertz CT molecular complexity index is 662. The van der Waals surface area contributed by atoms with Gasteiger partial charge in [-0.1, -0.05) is 54.1 Å². The summed E-state index contributed by atoms with van der Waals surface area (Å²) < 4.78 is 5.40. The van der Waals surface area contributed by atoms with Crippen molar-refractivity contribution in [1.29, 1.82) is 0 Å². The number of guanidine groups is 1. The van der Waals surface area contributed by atoms with Gasteiger partial charge < -0.3 is 15.4 Å². The first-order valence-corrected chi connectivity index (χ1v) is 8.44. The number of nitrogens with one attached hydrogen (secondary N) is 2. The van der Waals surface area contributed by atoms with Gasteiger partial charge in [0.05, 0.1) is 6.61 Å². The van der Waals surface area contributed by atoms with Crippen LogP contribution in [0.4, 0.5) is 0 Å². The summed E-state index contributed by atoms with van der Waals surface area (Å²) in [7, 11) is 1.76. The third kappa shape index (κ3) is 7.63. The van der Waals surface area contributed by atoms with Crippen molar-refractivity contribution < 1.29 is 4.74 Å². The van der Waals surface area contributed by atoms with E-state index in [-0.39, 0.29) is 24.0 Å². The van der Waals surface area contributed by atoms with Crippen molar-refractivity contribution in [2.24, 2.45) is 4.99 Å². The van der Waals surface area contributed by atoms with Crippen molar-refractivity contribution in [1.82, 2.24) is 10.6 Å². The minimum Gasteiger partial charge on any atom is -0.377 e. The van der Waals surface area contributed by atoms with Gasteiger partial charge in [-0.2, -0.15) is 0 Å². The molecule has 0 aromatic heterocycles. The second-order valence-corrected chi connectivity index (χ2v) is 5.73. The van der Waals surface area contributed by atoms with Crippen molar-refractivity contribution in [2.45, 2.75) is 26.6 Å². The Labute approximate surface area is 172 Å². The average molecular weight is 474 g/mol. The maximum absolute atomic E-state index is 6.16. The summed E-state index contributed by atoms with van der Waals surface area (Å²) in [5.41, 5.74) is 3.42. The van der Waals surface area contributed by atoms with Crippen molar-refractivity contribution in [3.8, 4) is 0 Å². The fraction of sp³-hybridized carbons (Fsp3) is 0.316. The fourth-order valence-electron chi connectivity index (χ4n) is 2.20. The monoisotopic (exact) mass is 473 g/mol. The van der Waals surface area contributed by atoms with Gasteiger partial charge in [0, 0.05) is 31.8 Å². The number of hydrogen-bond donors (Lipinski definition) is 2. The number of nitrogens with zero attached hydrogens (tertiary/aromatic N) is 1. The van der Waals surface area contributed by atoms with Crippen molar-refractivity contribution in [3.05, 3.63) is 70.2 Å². The molecule has 0 fully saturated rings. The second-order valence-electron chi connectivity index (χ2n) is 5.32. The van der Waals surface area contributed by atoms with E-state index in [4.69, 9.17) is 16.3 Å². The number of rotatable bonds is 7. The van der Waals surface area contributed by atoms with E-state index in [9.17, 15) is 0 Å². The van der Waals surface area contributed by atoms with E-state index >= 15 is 0 Å². The van der Waals surface area contributed by atoms with Crippen LogP contribution in [0.1, 0.15) is 23.6 Å². The number of halogens is 2. The van der Waals surface area contributed by atoms with E-state index in [1.54, 1.807) is 7.05 Å². The SMILES string of the molecule is CCOCc1ccc(CNC(=NC)NCc2ccccc2Cl)cc1.I. The van der Waals surface area contributed by atoms with Crippen molar-refractivity contribution >= 4 is 41.5 Å². The summed E-state index contributed by atoms with van der Waals surface area (Å²) in [6, 6.07) is 16.2. The van der Waals surface area contributed by atoms with E-state index in [1.807, 2.05) is 31.2 Å². The Morgan fingerprint density at radius 2 is 1.64 bits per heavy atom. The molecule has 0 saturated carbocycles. The van der Waals surface area contributed by atoms with Crippen LogP contribution in [0.2, 0.25) is 5.02 Å². The van der Waals surface area contributed by atoms with Gasteiger partial charge in [-0.15, -0.1) is 24.0 Å². The molecule has 2 aromatic carbocycles. The maximum Gasteiger partial charge on any atom is 0.191 e. The molecular formula is C19H25ClIN3O. The maximum atomic E-state index is 6.16. The van der Waals surface area contributed by atoms with E-state index in [1.165, 1.54) is 11.1 Å². The predicted octanol–water partition coefficient (Wildman–Crippen LogP) is 4.36. The lowest BCUT2D eigenvalue weighted by atomic mass is 10.1. The Hall–Kier alpha value is -1.31. The van der Waals surface area contributed by atoms with Gasteiger partial charge in [-0.25, -0.2) is 0 Å². The lowest BCUT2D eigenvalue weighted by Crippen LogP contribution is -2.36. The molecule has 0 radical (unpaired) electrons. The van der Waals surface area contributed by atoms with Gasteiger partial charge in [-0.3, -0.25) is 4.99 Å². The van der Waals surface area contributed by atoms with Gasteiger partial charge in [0.25, 0.3) is 0 Å². The standard InChI is InChI=1S/C19H24ClN3O.HI/c1-3-24-14-16-10-8-15(9-11-16)12-22-19(21-2)23-13-17-6-4-5-7-18(17)20;/h4-11H,3,12-14H2,1-2H3,(H2,21,22,23);1H. The van der Waals surface area contributed by atoms with E-state index in [2.05, 4.69) is 39.9 Å². The van der Waals surface area contributed by atoms with Crippen LogP contribution in [0.15, 0.2) is 53.5 Å². The minimum atomic E-state index is 0. The van der Waals surface area contributed by atoms with Crippen molar-refractivity contribution in [3.63, 3.8) is 0 Å². The molecular weight excluding hydrogens is 449 g/mol.